The van der Waals surface area contributed by atoms with Crippen LogP contribution in [0, 0.1) is 0 Å². The van der Waals surface area contributed by atoms with Crippen LogP contribution in [0.4, 0.5) is 0 Å². The standard InChI is InChI=1S/C20H35N5O.HI/c1-21-20(22-11-13-24(2)14-15-26-3)23-16-19-10-7-12-25(19)17-18-8-5-4-6-9-18;/h4-6,8-9,19H,7,10-17H2,1-3H3,(H2,21,22,23);1H. The highest BCUT2D eigenvalue weighted by atomic mass is 127. The van der Waals surface area contributed by atoms with Gasteiger partial charge in [-0.05, 0) is 32.0 Å². The minimum Gasteiger partial charge on any atom is -0.383 e. The minimum atomic E-state index is 0. The average Bonchev–Trinajstić information content (AvgIpc) is 3.10. The molecule has 1 saturated heterocycles. The van der Waals surface area contributed by atoms with E-state index in [4.69, 9.17) is 4.74 Å². The normalized spacial score (nSPS) is 17.8. The van der Waals surface area contributed by atoms with Gasteiger partial charge in [0.2, 0.25) is 0 Å². The van der Waals surface area contributed by atoms with Crippen LogP contribution in [0.1, 0.15) is 18.4 Å². The van der Waals surface area contributed by atoms with Gasteiger partial charge in [0.1, 0.15) is 0 Å². The Morgan fingerprint density at radius 3 is 2.74 bits per heavy atom. The molecule has 0 bridgehead atoms. The predicted molar refractivity (Wildman–Crippen MR) is 124 cm³/mol. The molecular formula is C20H36IN5O. The number of aliphatic imine (C=N–C) groups is 1. The minimum absolute atomic E-state index is 0. The summed E-state index contributed by atoms with van der Waals surface area (Å²) in [7, 11) is 5.68. The van der Waals surface area contributed by atoms with E-state index in [9.17, 15) is 0 Å². The van der Waals surface area contributed by atoms with Crippen LogP contribution >= 0.6 is 24.0 Å². The molecule has 0 aliphatic carbocycles. The maximum absolute atomic E-state index is 5.11. The Hall–Kier alpha value is -0.900. The van der Waals surface area contributed by atoms with Gasteiger partial charge in [-0.25, -0.2) is 0 Å². The lowest BCUT2D eigenvalue weighted by Crippen LogP contribution is -2.46. The Morgan fingerprint density at radius 1 is 1.26 bits per heavy atom. The summed E-state index contributed by atoms with van der Waals surface area (Å²) in [6.45, 7) is 6.70. The fraction of sp³-hybridized carbons (Fsp3) is 0.650. The molecule has 1 fully saturated rings. The Balaban J connectivity index is 0.00000364. The highest BCUT2D eigenvalue weighted by molar-refractivity contribution is 14.0. The van der Waals surface area contributed by atoms with Gasteiger partial charge in [0.15, 0.2) is 5.96 Å². The fourth-order valence-electron chi connectivity index (χ4n) is 3.31. The average molecular weight is 489 g/mol. The van der Waals surface area contributed by atoms with Crippen molar-refractivity contribution in [1.29, 1.82) is 0 Å². The molecule has 27 heavy (non-hydrogen) atoms. The summed E-state index contributed by atoms with van der Waals surface area (Å²) in [5.74, 6) is 0.886. The second kappa shape index (κ2) is 14.1. The van der Waals surface area contributed by atoms with Crippen molar-refractivity contribution < 1.29 is 4.74 Å². The van der Waals surface area contributed by atoms with E-state index in [1.54, 1.807) is 7.11 Å². The van der Waals surface area contributed by atoms with Gasteiger partial charge >= 0.3 is 0 Å². The number of methoxy groups -OCH3 is 1. The zero-order valence-electron chi connectivity index (χ0n) is 17.0. The zero-order valence-corrected chi connectivity index (χ0v) is 19.3. The molecule has 2 rings (SSSR count). The lowest BCUT2D eigenvalue weighted by atomic mass is 10.2. The first-order valence-electron chi connectivity index (χ1n) is 9.63. The van der Waals surface area contributed by atoms with Gasteiger partial charge in [0.05, 0.1) is 6.61 Å². The number of halogens is 1. The quantitative estimate of drug-likeness (QED) is 0.299. The molecule has 1 aliphatic rings. The Bertz CT molecular complexity index is 528. The number of nitrogens with one attached hydrogen (secondary N) is 2. The number of benzene rings is 1. The van der Waals surface area contributed by atoms with Gasteiger partial charge in [-0.2, -0.15) is 0 Å². The first kappa shape index (κ1) is 24.1. The number of ether oxygens (including phenoxy) is 1. The van der Waals surface area contributed by atoms with Gasteiger partial charge in [0, 0.05) is 52.9 Å². The molecule has 1 aromatic carbocycles. The van der Waals surface area contributed by atoms with Gasteiger partial charge < -0.3 is 20.3 Å². The van der Waals surface area contributed by atoms with E-state index in [0.717, 1.165) is 45.3 Å². The highest BCUT2D eigenvalue weighted by Crippen LogP contribution is 2.19. The van der Waals surface area contributed by atoms with Crippen LogP contribution in [0.25, 0.3) is 0 Å². The number of likely N-dealkylation sites (N-methyl/N-ethyl adjacent to an activating group) is 1. The molecule has 1 heterocycles. The molecule has 0 radical (unpaired) electrons. The summed E-state index contributed by atoms with van der Waals surface area (Å²) < 4.78 is 5.11. The lowest BCUT2D eigenvalue weighted by Gasteiger charge is -2.25. The van der Waals surface area contributed by atoms with E-state index >= 15 is 0 Å². The largest absolute Gasteiger partial charge is 0.383 e. The number of hydrogen-bond donors (Lipinski definition) is 2. The molecule has 6 nitrogen and oxygen atoms in total. The Morgan fingerprint density at radius 2 is 2.04 bits per heavy atom. The van der Waals surface area contributed by atoms with Gasteiger partial charge in [-0.15, -0.1) is 24.0 Å². The smallest absolute Gasteiger partial charge is 0.191 e. The maximum atomic E-state index is 5.11. The van der Waals surface area contributed by atoms with E-state index in [1.807, 2.05) is 7.05 Å². The zero-order chi connectivity index (χ0) is 18.6. The van der Waals surface area contributed by atoms with Crippen LogP contribution in [0.2, 0.25) is 0 Å². The van der Waals surface area contributed by atoms with Crippen LogP contribution < -0.4 is 10.6 Å². The van der Waals surface area contributed by atoms with Crippen molar-refractivity contribution in [3.8, 4) is 0 Å². The molecule has 2 N–H and O–H groups in total. The van der Waals surface area contributed by atoms with Crippen molar-refractivity contribution in [2.24, 2.45) is 4.99 Å². The maximum Gasteiger partial charge on any atom is 0.191 e. The third-order valence-electron chi connectivity index (χ3n) is 4.92. The molecule has 7 heteroatoms. The first-order chi connectivity index (χ1) is 12.7. The Kier molecular flexibility index (Phi) is 12.6. The van der Waals surface area contributed by atoms with E-state index in [-0.39, 0.29) is 24.0 Å². The molecule has 1 unspecified atom stereocenters. The summed E-state index contributed by atoms with van der Waals surface area (Å²) >= 11 is 0. The molecule has 1 atom stereocenters. The van der Waals surface area contributed by atoms with Crippen molar-refractivity contribution in [3.05, 3.63) is 35.9 Å². The summed E-state index contributed by atoms with van der Waals surface area (Å²) in [6, 6.07) is 11.3. The van der Waals surface area contributed by atoms with Gasteiger partial charge in [-0.1, -0.05) is 30.3 Å². The summed E-state index contributed by atoms with van der Waals surface area (Å²) in [6.07, 6.45) is 2.52. The summed E-state index contributed by atoms with van der Waals surface area (Å²) in [5.41, 5.74) is 1.39. The topological polar surface area (TPSA) is 52.1 Å². The fourth-order valence-corrected chi connectivity index (χ4v) is 3.31. The van der Waals surface area contributed by atoms with Crippen molar-refractivity contribution in [2.75, 3.05) is 60.5 Å². The monoisotopic (exact) mass is 489 g/mol. The SMILES string of the molecule is CN=C(NCCN(C)CCOC)NCC1CCCN1Cc1ccccc1.I. The van der Waals surface area contributed by atoms with Crippen molar-refractivity contribution in [2.45, 2.75) is 25.4 Å². The van der Waals surface area contributed by atoms with Crippen LogP contribution in [-0.2, 0) is 11.3 Å². The summed E-state index contributed by atoms with van der Waals surface area (Å²) in [4.78, 5) is 9.18. The molecule has 154 valence electrons. The lowest BCUT2D eigenvalue weighted by molar-refractivity contribution is 0.162. The predicted octanol–water partition coefficient (Wildman–Crippen LogP) is 2.01. The van der Waals surface area contributed by atoms with E-state index in [1.165, 1.54) is 24.9 Å². The second-order valence-electron chi connectivity index (χ2n) is 6.93. The van der Waals surface area contributed by atoms with E-state index in [2.05, 4.69) is 62.8 Å². The Labute approximate surface area is 181 Å². The molecule has 0 aromatic heterocycles. The number of likely N-dealkylation sites (tertiary alicyclic amines) is 1. The van der Waals surface area contributed by atoms with E-state index in [0.29, 0.717) is 6.04 Å². The molecule has 1 aliphatic heterocycles. The van der Waals surface area contributed by atoms with Crippen molar-refractivity contribution in [3.63, 3.8) is 0 Å². The molecule has 0 saturated carbocycles. The first-order valence-corrected chi connectivity index (χ1v) is 9.63. The molecule has 0 amide bonds. The summed E-state index contributed by atoms with van der Waals surface area (Å²) in [5, 5.41) is 6.90. The number of rotatable bonds is 10. The van der Waals surface area contributed by atoms with Crippen molar-refractivity contribution in [1.82, 2.24) is 20.4 Å². The number of hydrogen-bond acceptors (Lipinski definition) is 4. The molecular weight excluding hydrogens is 453 g/mol. The van der Waals surface area contributed by atoms with Crippen LogP contribution in [0.3, 0.4) is 0 Å². The van der Waals surface area contributed by atoms with Crippen molar-refractivity contribution >= 4 is 29.9 Å². The molecule has 1 aromatic rings. The van der Waals surface area contributed by atoms with Crippen LogP contribution in [0.5, 0.6) is 0 Å². The third kappa shape index (κ3) is 9.23. The van der Waals surface area contributed by atoms with Gasteiger partial charge in [-0.3, -0.25) is 9.89 Å². The molecule has 0 spiro atoms. The van der Waals surface area contributed by atoms with Crippen LogP contribution in [-0.4, -0.2) is 82.3 Å². The van der Waals surface area contributed by atoms with E-state index < -0.39 is 0 Å². The second-order valence-corrected chi connectivity index (χ2v) is 6.93. The third-order valence-corrected chi connectivity index (χ3v) is 4.92. The number of guanidine groups is 1. The highest BCUT2D eigenvalue weighted by Gasteiger charge is 2.24. The van der Waals surface area contributed by atoms with Gasteiger partial charge in [0.25, 0.3) is 0 Å². The number of nitrogens with zero attached hydrogens (tertiary/aromatic N) is 3. The van der Waals surface area contributed by atoms with Crippen LogP contribution in [0.15, 0.2) is 35.3 Å².